The molecule has 0 aliphatic rings. The molecule has 0 spiro atoms. The standard InChI is InChI=1S/C20H16N4O4/c21-11-14-4-3-5-15(10-14)23-18(25)12-28-19(26)8-9-24-13-22-17-7-2-1-6-16(17)20(24)27/h1-7,10,13H,8-9,12H2,(H,23,25). The minimum atomic E-state index is -0.610. The molecular weight excluding hydrogens is 360 g/mol. The number of esters is 1. The molecule has 0 atom stereocenters. The van der Waals surface area contributed by atoms with Gasteiger partial charge in [-0.15, -0.1) is 0 Å². The molecule has 3 rings (SSSR count). The molecule has 1 aromatic heterocycles. The van der Waals surface area contributed by atoms with E-state index in [9.17, 15) is 14.4 Å². The third-order valence-corrected chi connectivity index (χ3v) is 3.93. The molecule has 28 heavy (non-hydrogen) atoms. The van der Waals surface area contributed by atoms with Gasteiger partial charge in [0.05, 0.1) is 35.3 Å². The van der Waals surface area contributed by atoms with Gasteiger partial charge in [0, 0.05) is 12.2 Å². The van der Waals surface area contributed by atoms with Gasteiger partial charge in [0.15, 0.2) is 6.61 Å². The van der Waals surface area contributed by atoms with E-state index >= 15 is 0 Å². The zero-order valence-corrected chi connectivity index (χ0v) is 14.8. The predicted octanol–water partition coefficient (Wildman–Crippen LogP) is 1.84. The number of carbonyl (C=O) groups excluding carboxylic acids is 2. The molecular formula is C20H16N4O4. The van der Waals surface area contributed by atoms with Crippen molar-refractivity contribution in [1.29, 1.82) is 5.26 Å². The second kappa shape index (κ2) is 8.60. The molecule has 1 heterocycles. The Kier molecular flexibility index (Phi) is 5.77. The molecule has 8 heteroatoms. The Balaban J connectivity index is 1.51. The molecule has 140 valence electrons. The van der Waals surface area contributed by atoms with E-state index < -0.39 is 18.5 Å². The van der Waals surface area contributed by atoms with E-state index in [1.165, 1.54) is 17.0 Å². The highest BCUT2D eigenvalue weighted by atomic mass is 16.5. The maximum Gasteiger partial charge on any atom is 0.308 e. The van der Waals surface area contributed by atoms with Crippen LogP contribution in [0.5, 0.6) is 0 Å². The fraction of sp³-hybridized carbons (Fsp3) is 0.150. The number of nitrogens with zero attached hydrogens (tertiary/aromatic N) is 3. The fourth-order valence-corrected chi connectivity index (χ4v) is 2.56. The molecule has 0 unspecified atom stereocenters. The lowest BCUT2D eigenvalue weighted by molar-refractivity contribution is -0.147. The Morgan fingerprint density at radius 1 is 1.18 bits per heavy atom. The first kappa shape index (κ1) is 18.8. The maximum atomic E-state index is 12.3. The molecule has 1 amide bonds. The van der Waals surface area contributed by atoms with Gasteiger partial charge in [-0.05, 0) is 30.3 Å². The average molecular weight is 376 g/mol. The first-order chi connectivity index (χ1) is 13.6. The molecule has 0 saturated heterocycles. The van der Waals surface area contributed by atoms with E-state index in [4.69, 9.17) is 10.00 Å². The molecule has 0 bridgehead atoms. The number of para-hydroxylation sites is 1. The topological polar surface area (TPSA) is 114 Å². The van der Waals surface area contributed by atoms with Gasteiger partial charge in [0.1, 0.15) is 0 Å². The van der Waals surface area contributed by atoms with Crippen molar-refractivity contribution in [3.8, 4) is 6.07 Å². The van der Waals surface area contributed by atoms with Crippen LogP contribution in [-0.2, 0) is 20.9 Å². The third kappa shape index (κ3) is 4.59. The lowest BCUT2D eigenvalue weighted by Gasteiger charge is -2.08. The summed E-state index contributed by atoms with van der Waals surface area (Å²) in [7, 11) is 0. The monoisotopic (exact) mass is 376 g/mol. The SMILES string of the molecule is N#Cc1cccc(NC(=O)COC(=O)CCn2cnc3ccccc3c2=O)c1. The zero-order chi connectivity index (χ0) is 19.9. The Labute approximate surface area is 160 Å². The van der Waals surface area contributed by atoms with Crippen LogP contribution < -0.4 is 10.9 Å². The van der Waals surface area contributed by atoms with E-state index in [1.54, 1.807) is 42.5 Å². The van der Waals surface area contributed by atoms with E-state index in [2.05, 4.69) is 10.3 Å². The summed E-state index contributed by atoms with van der Waals surface area (Å²) in [5.41, 5.74) is 1.19. The van der Waals surface area contributed by atoms with Gasteiger partial charge in [0.2, 0.25) is 0 Å². The smallest absolute Gasteiger partial charge is 0.308 e. The van der Waals surface area contributed by atoms with Gasteiger partial charge in [-0.1, -0.05) is 18.2 Å². The summed E-state index contributed by atoms with van der Waals surface area (Å²) in [5.74, 6) is -1.13. The molecule has 3 aromatic rings. The number of ether oxygens (including phenoxy) is 1. The van der Waals surface area contributed by atoms with Crippen LogP contribution in [0.15, 0.2) is 59.7 Å². The first-order valence-electron chi connectivity index (χ1n) is 8.46. The van der Waals surface area contributed by atoms with Crippen molar-refractivity contribution >= 4 is 28.5 Å². The van der Waals surface area contributed by atoms with E-state index in [1.807, 2.05) is 6.07 Å². The lowest BCUT2D eigenvalue weighted by Crippen LogP contribution is -2.24. The quantitative estimate of drug-likeness (QED) is 0.657. The fourth-order valence-electron chi connectivity index (χ4n) is 2.56. The largest absolute Gasteiger partial charge is 0.456 e. The summed E-state index contributed by atoms with van der Waals surface area (Å²) in [4.78, 5) is 40.2. The Bertz CT molecular complexity index is 1130. The molecule has 0 saturated carbocycles. The highest BCUT2D eigenvalue weighted by Crippen LogP contribution is 2.09. The van der Waals surface area contributed by atoms with Crippen molar-refractivity contribution in [3.63, 3.8) is 0 Å². The minimum Gasteiger partial charge on any atom is -0.456 e. The van der Waals surface area contributed by atoms with Crippen LogP contribution >= 0.6 is 0 Å². The number of carbonyl (C=O) groups is 2. The van der Waals surface area contributed by atoms with Gasteiger partial charge in [-0.2, -0.15) is 5.26 Å². The number of benzene rings is 2. The molecule has 0 aliphatic heterocycles. The molecule has 0 fully saturated rings. The molecule has 2 aromatic carbocycles. The second-order valence-corrected chi connectivity index (χ2v) is 5.91. The Morgan fingerprint density at radius 2 is 2.00 bits per heavy atom. The van der Waals surface area contributed by atoms with Crippen molar-refractivity contribution in [2.24, 2.45) is 0 Å². The number of anilines is 1. The Morgan fingerprint density at radius 3 is 2.82 bits per heavy atom. The summed E-state index contributed by atoms with van der Waals surface area (Å²) in [6.07, 6.45) is 1.31. The van der Waals surface area contributed by atoms with Gasteiger partial charge in [-0.25, -0.2) is 4.98 Å². The summed E-state index contributed by atoms with van der Waals surface area (Å²) in [5, 5.41) is 11.9. The van der Waals surface area contributed by atoms with Crippen LogP contribution in [0.25, 0.3) is 10.9 Å². The zero-order valence-electron chi connectivity index (χ0n) is 14.8. The number of rotatable bonds is 6. The summed E-state index contributed by atoms with van der Waals surface area (Å²) in [6.45, 7) is -0.359. The summed E-state index contributed by atoms with van der Waals surface area (Å²) in [6, 6.07) is 15.3. The van der Waals surface area contributed by atoms with Crippen molar-refractivity contribution in [1.82, 2.24) is 9.55 Å². The summed E-state index contributed by atoms with van der Waals surface area (Å²) < 4.78 is 6.26. The van der Waals surface area contributed by atoms with Crippen molar-refractivity contribution in [3.05, 3.63) is 70.8 Å². The van der Waals surface area contributed by atoms with E-state index in [0.29, 0.717) is 22.2 Å². The van der Waals surface area contributed by atoms with Gasteiger partial charge < -0.3 is 10.1 Å². The third-order valence-electron chi connectivity index (χ3n) is 3.93. The average Bonchev–Trinajstić information content (AvgIpc) is 2.72. The highest BCUT2D eigenvalue weighted by Gasteiger charge is 2.10. The van der Waals surface area contributed by atoms with Crippen molar-refractivity contribution in [2.45, 2.75) is 13.0 Å². The molecule has 0 aliphatic carbocycles. The number of nitriles is 1. The molecule has 0 radical (unpaired) electrons. The minimum absolute atomic E-state index is 0.0723. The number of aromatic nitrogens is 2. The number of amides is 1. The maximum absolute atomic E-state index is 12.3. The predicted molar refractivity (Wildman–Crippen MR) is 101 cm³/mol. The van der Waals surface area contributed by atoms with Crippen molar-refractivity contribution < 1.29 is 14.3 Å². The Hall–Kier alpha value is -3.99. The highest BCUT2D eigenvalue weighted by molar-refractivity contribution is 5.92. The number of nitrogens with one attached hydrogen (secondary N) is 1. The number of fused-ring (bicyclic) bond motifs is 1. The number of hydrogen-bond acceptors (Lipinski definition) is 6. The van der Waals surface area contributed by atoms with Gasteiger partial charge in [-0.3, -0.25) is 19.0 Å². The van der Waals surface area contributed by atoms with Crippen LogP contribution in [0.2, 0.25) is 0 Å². The van der Waals surface area contributed by atoms with Crippen LogP contribution in [0.1, 0.15) is 12.0 Å². The van der Waals surface area contributed by atoms with Gasteiger partial charge in [0.25, 0.3) is 11.5 Å². The normalized spacial score (nSPS) is 10.2. The van der Waals surface area contributed by atoms with E-state index in [0.717, 1.165) is 0 Å². The van der Waals surface area contributed by atoms with Crippen LogP contribution in [-0.4, -0.2) is 28.0 Å². The first-order valence-corrected chi connectivity index (χ1v) is 8.46. The molecule has 1 N–H and O–H groups in total. The van der Waals surface area contributed by atoms with Crippen LogP contribution in [0.3, 0.4) is 0 Å². The van der Waals surface area contributed by atoms with Crippen LogP contribution in [0.4, 0.5) is 5.69 Å². The number of aryl methyl sites for hydroxylation is 1. The van der Waals surface area contributed by atoms with Crippen LogP contribution in [0, 0.1) is 11.3 Å². The summed E-state index contributed by atoms with van der Waals surface area (Å²) >= 11 is 0. The van der Waals surface area contributed by atoms with Crippen molar-refractivity contribution in [2.75, 3.05) is 11.9 Å². The lowest BCUT2D eigenvalue weighted by atomic mass is 10.2. The molecule has 8 nitrogen and oxygen atoms in total. The van der Waals surface area contributed by atoms with Gasteiger partial charge >= 0.3 is 5.97 Å². The van der Waals surface area contributed by atoms with E-state index in [-0.39, 0.29) is 18.5 Å². The number of hydrogen-bond donors (Lipinski definition) is 1. The second-order valence-electron chi connectivity index (χ2n) is 5.91.